The Morgan fingerprint density at radius 3 is 2.59 bits per heavy atom. The van der Waals surface area contributed by atoms with Crippen LogP contribution in [0.1, 0.15) is 53.6 Å². The van der Waals surface area contributed by atoms with Gasteiger partial charge in [0.1, 0.15) is 0 Å². The van der Waals surface area contributed by atoms with Gasteiger partial charge in [-0.2, -0.15) is 0 Å². The monoisotopic (exact) mass is 397 g/mol. The molecule has 2 aromatic rings. The predicted molar refractivity (Wildman–Crippen MR) is 109 cm³/mol. The average Bonchev–Trinajstić information content (AvgIpc) is 3.24. The molecule has 154 valence electrons. The topological polar surface area (TPSA) is 84.9 Å². The Labute approximate surface area is 170 Å². The Bertz CT molecular complexity index is 858. The zero-order chi connectivity index (χ0) is 20.6. The number of carboxylic acid groups (broad SMARTS) is 1. The summed E-state index contributed by atoms with van der Waals surface area (Å²) >= 11 is 0. The summed E-state index contributed by atoms with van der Waals surface area (Å²) in [4.78, 5) is 23.5. The summed E-state index contributed by atoms with van der Waals surface area (Å²) in [6.07, 6.45) is 5.33. The summed E-state index contributed by atoms with van der Waals surface area (Å²) in [5, 5.41) is 12.1. The molecule has 3 rings (SSSR count). The van der Waals surface area contributed by atoms with E-state index in [9.17, 15) is 14.7 Å². The molecule has 0 heterocycles. The molecule has 6 nitrogen and oxygen atoms in total. The molecule has 0 aromatic heterocycles. The van der Waals surface area contributed by atoms with Crippen LogP contribution in [0.2, 0.25) is 0 Å². The third-order valence-electron chi connectivity index (χ3n) is 5.18. The molecule has 1 fully saturated rings. The first kappa shape index (κ1) is 20.7. The van der Waals surface area contributed by atoms with E-state index >= 15 is 0 Å². The van der Waals surface area contributed by atoms with Gasteiger partial charge in [0.25, 0.3) is 0 Å². The second kappa shape index (κ2) is 9.96. The van der Waals surface area contributed by atoms with Crippen LogP contribution in [0.5, 0.6) is 11.5 Å². The Morgan fingerprint density at radius 2 is 1.86 bits per heavy atom. The van der Waals surface area contributed by atoms with Gasteiger partial charge in [-0.1, -0.05) is 24.3 Å². The summed E-state index contributed by atoms with van der Waals surface area (Å²) in [6, 6.07) is 12.4. The molecule has 0 radical (unpaired) electrons. The number of carboxylic acids is 1. The number of amides is 1. The molecule has 0 saturated heterocycles. The van der Waals surface area contributed by atoms with E-state index in [1.54, 1.807) is 31.4 Å². The summed E-state index contributed by atoms with van der Waals surface area (Å²) in [7, 11) is 1.62. The summed E-state index contributed by atoms with van der Waals surface area (Å²) in [5.74, 6) is 0.298. The second-order valence-corrected chi connectivity index (χ2v) is 7.25. The molecule has 1 saturated carbocycles. The smallest absolute Gasteiger partial charge is 0.335 e. The molecule has 0 spiro atoms. The summed E-state index contributed by atoms with van der Waals surface area (Å²) < 4.78 is 11.5. The quantitative estimate of drug-likeness (QED) is 0.669. The number of rotatable bonds is 9. The standard InChI is InChI=1S/C23H27NO5/c1-28-20-12-10-16(14-21(20)29-18-7-3-4-8-18)15-24-22(25)13-11-17-6-2-5-9-19(17)23(26)27/h2,5-6,9-10,12,14,18H,3-4,7-8,11,13,15H2,1H3,(H,24,25)(H,26,27). The zero-order valence-electron chi connectivity index (χ0n) is 16.6. The zero-order valence-corrected chi connectivity index (χ0v) is 16.6. The van der Waals surface area contributed by atoms with Gasteiger partial charge < -0.3 is 19.9 Å². The van der Waals surface area contributed by atoms with E-state index in [1.165, 1.54) is 12.8 Å². The van der Waals surface area contributed by atoms with Crippen molar-refractivity contribution < 1.29 is 24.2 Å². The molecular formula is C23H27NO5. The lowest BCUT2D eigenvalue weighted by Gasteiger charge is -2.17. The van der Waals surface area contributed by atoms with Gasteiger partial charge in [-0.25, -0.2) is 4.79 Å². The minimum atomic E-state index is -0.978. The molecule has 29 heavy (non-hydrogen) atoms. The van der Waals surface area contributed by atoms with Crippen LogP contribution in [0.4, 0.5) is 0 Å². The molecular weight excluding hydrogens is 370 g/mol. The third-order valence-corrected chi connectivity index (χ3v) is 5.18. The normalized spacial score (nSPS) is 13.8. The lowest BCUT2D eigenvalue weighted by molar-refractivity contribution is -0.121. The average molecular weight is 397 g/mol. The Hall–Kier alpha value is -3.02. The minimum absolute atomic E-state index is 0.126. The fourth-order valence-corrected chi connectivity index (χ4v) is 3.59. The van der Waals surface area contributed by atoms with E-state index in [-0.39, 0.29) is 24.0 Å². The SMILES string of the molecule is COc1ccc(CNC(=O)CCc2ccccc2C(=O)O)cc1OC1CCCC1. The number of aryl methyl sites for hydroxylation is 1. The Morgan fingerprint density at radius 1 is 1.10 bits per heavy atom. The van der Waals surface area contributed by atoms with Crippen molar-refractivity contribution in [2.75, 3.05) is 7.11 Å². The van der Waals surface area contributed by atoms with E-state index in [2.05, 4.69) is 5.32 Å². The van der Waals surface area contributed by atoms with Crippen LogP contribution in [0.25, 0.3) is 0 Å². The molecule has 1 aliphatic carbocycles. The molecule has 1 amide bonds. The number of ether oxygens (including phenoxy) is 2. The molecule has 2 N–H and O–H groups in total. The number of aromatic carboxylic acids is 1. The van der Waals surface area contributed by atoms with Crippen LogP contribution in [0, 0.1) is 0 Å². The summed E-state index contributed by atoms with van der Waals surface area (Å²) in [6.45, 7) is 0.379. The first-order valence-corrected chi connectivity index (χ1v) is 9.98. The van der Waals surface area contributed by atoms with Crippen molar-refractivity contribution in [1.29, 1.82) is 0 Å². The highest BCUT2D eigenvalue weighted by Gasteiger charge is 2.18. The lowest BCUT2D eigenvalue weighted by Crippen LogP contribution is -2.23. The van der Waals surface area contributed by atoms with E-state index < -0.39 is 5.97 Å². The van der Waals surface area contributed by atoms with Crippen LogP contribution in [-0.2, 0) is 17.8 Å². The predicted octanol–water partition coefficient (Wildman–Crippen LogP) is 3.96. The van der Waals surface area contributed by atoms with Crippen molar-refractivity contribution >= 4 is 11.9 Å². The summed E-state index contributed by atoms with van der Waals surface area (Å²) in [5.41, 5.74) is 1.83. The fourth-order valence-electron chi connectivity index (χ4n) is 3.59. The fraction of sp³-hybridized carbons (Fsp3) is 0.391. The van der Waals surface area contributed by atoms with Gasteiger partial charge in [-0.05, 0) is 61.4 Å². The molecule has 2 aromatic carbocycles. The van der Waals surface area contributed by atoms with E-state index in [0.717, 1.165) is 18.4 Å². The van der Waals surface area contributed by atoms with Crippen molar-refractivity contribution in [2.45, 2.75) is 51.2 Å². The van der Waals surface area contributed by atoms with Crippen molar-refractivity contribution in [3.05, 3.63) is 59.2 Å². The third kappa shape index (κ3) is 5.73. The number of hydrogen-bond acceptors (Lipinski definition) is 4. The molecule has 1 aliphatic rings. The number of nitrogens with one attached hydrogen (secondary N) is 1. The van der Waals surface area contributed by atoms with Gasteiger partial charge >= 0.3 is 5.97 Å². The lowest BCUT2D eigenvalue weighted by atomic mass is 10.0. The molecule has 0 aliphatic heterocycles. The highest BCUT2D eigenvalue weighted by Crippen LogP contribution is 2.32. The van der Waals surface area contributed by atoms with E-state index in [1.807, 2.05) is 18.2 Å². The van der Waals surface area contributed by atoms with Gasteiger partial charge in [0.05, 0.1) is 18.8 Å². The van der Waals surface area contributed by atoms with Gasteiger partial charge in [0.2, 0.25) is 5.91 Å². The maximum Gasteiger partial charge on any atom is 0.335 e. The maximum absolute atomic E-state index is 12.2. The Kier molecular flexibility index (Phi) is 7.11. The van der Waals surface area contributed by atoms with E-state index in [0.29, 0.717) is 30.0 Å². The highest BCUT2D eigenvalue weighted by atomic mass is 16.5. The Balaban J connectivity index is 1.55. The molecule has 6 heteroatoms. The first-order valence-electron chi connectivity index (χ1n) is 9.98. The highest BCUT2D eigenvalue weighted by molar-refractivity contribution is 5.89. The van der Waals surface area contributed by atoms with Gasteiger partial charge in [-0.3, -0.25) is 4.79 Å². The van der Waals surface area contributed by atoms with Crippen LogP contribution >= 0.6 is 0 Å². The van der Waals surface area contributed by atoms with Crippen LogP contribution in [0.3, 0.4) is 0 Å². The van der Waals surface area contributed by atoms with Crippen LogP contribution in [-0.4, -0.2) is 30.2 Å². The van der Waals surface area contributed by atoms with Crippen molar-refractivity contribution in [2.24, 2.45) is 0 Å². The van der Waals surface area contributed by atoms with Gasteiger partial charge in [0, 0.05) is 13.0 Å². The number of carbonyl (C=O) groups is 2. The van der Waals surface area contributed by atoms with Crippen molar-refractivity contribution in [3.63, 3.8) is 0 Å². The number of carbonyl (C=O) groups excluding carboxylic acids is 1. The number of methoxy groups -OCH3 is 1. The second-order valence-electron chi connectivity index (χ2n) is 7.25. The number of hydrogen-bond donors (Lipinski definition) is 2. The number of benzene rings is 2. The molecule has 0 unspecified atom stereocenters. The van der Waals surface area contributed by atoms with E-state index in [4.69, 9.17) is 9.47 Å². The largest absolute Gasteiger partial charge is 0.493 e. The molecule has 0 atom stereocenters. The molecule has 0 bridgehead atoms. The maximum atomic E-state index is 12.2. The minimum Gasteiger partial charge on any atom is -0.493 e. The van der Waals surface area contributed by atoms with Crippen molar-refractivity contribution in [3.8, 4) is 11.5 Å². The van der Waals surface area contributed by atoms with Crippen LogP contribution in [0.15, 0.2) is 42.5 Å². The van der Waals surface area contributed by atoms with Gasteiger partial charge in [-0.15, -0.1) is 0 Å². The van der Waals surface area contributed by atoms with Crippen molar-refractivity contribution in [1.82, 2.24) is 5.32 Å². The van der Waals surface area contributed by atoms with Crippen LogP contribution < -0.4 is 14.8 Å². The first-order chi connectivity index (χ1) is 14.1. The van der Waals surface area contributed by atoms with Gasteiger partial charge in [0.15, 0.2) is 11.5 Å².